The first-order valence-corrected chi connectivity index (χ1v) is 8.13. The third kappa shape index (κ3) is 3.70. The Morgan fingerprint density at radius 3 is 2.60 bits per heavy atom. The van der Waals surface area contributed by atoms with E-state index in [2.05, 4.69) is 23.7 Å². The first-order valence-electron chi connectivity index (χ1n) is 7.25. The second-order valence-electron chi connectivity index (χ2n) is 5.69. The number of hydrogen-bond acceptors (Lipinski definition) is 5. The third-order valence-corrected chi connectivity index (χ3v) is 4.50. The molecule has 6 heteroatoms. The molecule has 0 aromatic carbocycles. The highest BCUT2D eigenvalue weighted by Crippen LogP contribution is 2.20. The monoisotopic (exact) mass is 296 g/mol. The van der Waals surface area contributed by atoms with Crippen LogP contribution in [0.3, 0.4) is 0 Å². The van der Waals surface area contributed by atoms with E-state index in [1.807, 2.05) is 16.5 Å². The molecule has 1 fully saturated rings. The second kappa shape index (κ2) is 7.04. The predicted octanol–water partition coefficient (Wildman–Crippen LogP) is 1.41. The van der Waals surface area contributed by atoms with Gasteiger partial charge in [-0.1, -0.05) is 13.8 Å². The van der Waals surface area contributed by atoms with Crippen LogP contribution in [0.4, 0.5) is 5.13 Å². The molecular formula is C14H24N4OS. The highest BCUT2D eigenvalue weighted by Gasteiger charge is 2.27. The SMILES string of the molecule is CC(C)CC(CN)C(=O)N1CCN(c2nccs2)CC1. The van der Waals surface area contributed by atoms with Gasteiger partial charge in [-0.15, -0.1) is 11.3 Å². The zero-order valence-corrected chi connectivity index (χ0v) is 13.1. The van der Waals surface area contributed by atoms with Crippen molar-refractivity contribution < 1.29 is 4.79 Å². The number of anilines is 1. The van der Waals surface area contributed by atoms with Crippen LogP contribution in [0, 0.1) is 11.8 Å². The molecule has 1 unspecified atom stereocenters. The number of carbonyl (C=O) groups excluding carboxylic acids is 1. The molecule has 1 saturated heterocycles. The fourth-order valence-corrected chi connectivity index (χ4v) is 3.31. The van der Waals surface area contributed by atoms with Crippen molar-refractivity contribution in [1.29, 1.82) is 0 Å². The molecule has 1 aliphatic heterocycles. The minimum Gasteiger partial charge on any atom is -0.345 e. The number of nitrogens with two attached hydrogens (primary N) is 1. The summed E-state index contributed by atoms with van der Waals surface area (Å²) in [5, 5.41) is 3.04. The minimum atomic E-state index is -0.0265. The van der Waals surface area contributed by atoms with Crippen LogP contribution in [-0.4, -0.2) is 48.5 Å². The normalized spacial score (nSPS) is 17.6. The van der Waals surface area contributed by atoms with E-state index >= 15 is 0 Å². The summed E-state index contributed by atoms with van der Waals surface area (Å²) in [5.41, 5.74) is 5.77. The van der Waals surface area contributed by atoms with Crippen LogP contribution in [0.5, 0.6) is 0 Å². The summed E-state index contributed by atoms with van der Waals surface area (Å²) in [6, 6.07) is 0. The summed E-state index contributed by atoms with van der Waals surface area (Å²) in [4.78, 5) is 21.0. The molecule has 0 saturated carbocycles. The van der Waals surface area contributed by atoms with Crippen LogP contribution in [0.1, 0.15) is 20.3 Å². The van der Waals surface area contributed by atoms with Gasteiger partial charge in [-0.25, -0.2) is 4.98 Å². The van der Waals surface area contributed by atoms with E-state index in [9.17, 15) is 4.79 Å². The Morgan fingerprint density at radius 1 is 1.40 bits per heavy atom. The Hall–Kier alpha value is -1.14. The largest absolute Gasteiger partial charge is 0.345 e. The van der Waals surface area contributed by atoms with Gasteiger partial charge in [-0.2, -0.15) is 0 Å². The maximum Gasteiger partial charge on any atom is 0.227 e. The molecule has 0 aliphatic carbocycles. The number of rotatable bonds is 5. The zero-order valence-electron chi connectivity index (χ0n) is 12.3. The van der Waals surface area contributed by atoms with Gasteiger partial charge in [-0.05, 0) is 12.3 Å². The van der Waals surface area contributed by atoms with Crippen molar-refractivity contribution in [3.63, 3.8) is 0 Å². The molecule has 1 aromatic heterocycles. The van der Waals surface area contributed by atoms with E-state index in [1.165, 1.54) is 0 Å². The summed E-state index contributed by atoms with van der Waals surface area (Å²) >= 11 is 1.65. The van der Waals surface area contributed by atoms with Crippen molar-refractivity contribution in [2.24, 2.45) is 17.6 Å². The summed E-state index contributed by atoms with van der Waals surface area (Å²) < 4.78 is 0. The third-order valence-electron chi connectivity index (χ3n) is 3.67. The molecule has 2 rings (SSSR count). The lowest BCUT2D eigenvalue weighted by Gasteiger charge is -2.36. The van der Waals surface area contributed by atoms with Crippen LogP contribution >= 0.6 is 11.3 Å². The number of aromatic nitrogens is 1. The Kier molecular flexibility index (Phi) is 5.37. The average molecular weight is 296 g/mol. The van der Waals surface area contributed by atoms with Gasteiger partial charge in [0.1, 0.15) is 0 Å². The van der Waals surface area contributed by atoms with Gasteiger partial charge < -0.3 is 15.5 Å². The Labute approximate surface area is 124 Å². The van der Waals surface area contributed by atoms with E-state index in [0.717, 1.165) is 37.7 Å². The van der Waals surface area contributed by atoms with Crippen molar-refractivity contribution in [1.82, 2.24) is 9.88 Å². The van der Waals surface area contributed by atoms with E-state index in [-0.39, 0.29) is 11.8 Å². The molecule has 5 nitrogen and oxygen atoms in total. The van der Waals surface area contributed by atoms with Crippen molar-refractivity contribution in [3.8, 4) is 0 Å². The smallest absolute Gasteiger partial charge is 0.227 e. The minimum absolute atomic E-state index is 0.0265. The molecule has 1 amide bonds. The molecular weight excluding hydrogens is 272 g/mol. The highest BCUT2D eigenvalue weighted by molar-refractivity contribution is 7.13. The van der Waals surface area contributed by atoms with Gasteiger partial charge >= 0.3 is 0 Å². The number of nitrogens with zero attached hydrogens (tertiary/aromatic N) is 3. The van der Waals surface area contributed by atoms with Gasteiger partial charge in [0.2, 0.25) is 5.91 Å². The average Bonchev–Trinajstić information content (AvgIpc) is 2.98. The Bertz CT molecular complexity index is 413. The van der Waals surface area contributed by atoms with Crippen LogP contribution in [0.25, 0.3) is 0 Å². The number of hydrogen-bond donors (Lipinski definition) is 1. The van der Waals surface area contributed by atoms with E-state index in [0.29, 0.717) is 12.5 Å². The van der Waals surface area contributed by atoms with Gasteiger partial charge in [0, 0.05) is 44.3 Å². The Balaban J connectivity index is 1.87. The molecule has 2 heterocycles. The van der Waals surface area contributed by atoms with Crippen molar-refractivity contribution in [2.75, 3.05) is 37.6 Å². The maximum atomic E-state index is 12.5. The molecule has 0 radical (unpaired) electrons. The van der Waals surface area contributed by atoms with Crippen LogP contribution < -0.4 is 10.6 Å². The molecule has 1 aromatic rings. The summed E-state index contributed by atoms with van der Waals surface area (Å²) in [5.74, 6) is 0.700. The standard InChI is InChI=1S/C14H24N4OS/c1-11(2)9-12(10-15)13(19)17-4-6-18(7-5-17)14-16-3-8-20-14/h3,8,11-12H,4-7,9-10,15H2,1-2H3. The lowest BCUT2D eigenvalue weighted by atomic mass is 9.95. The van der Waals surface area contributed by atoms with E-state index < -0.39 is 0 Å². The van der Waals surface area contributed by atoms with Gasteiger partial charge in [0.25, 0.3) is 0 Å². The van der Waals surface area contributed by atoms with E-state index in [1.54, 1.807) is 11.3 Å². The number of amides is 1. The van der Waals surface area contributed by atoms with Crippen molar-refractivity contribution in [3.05, 3.63) is 11.6 Å². The molecule has 0 spiro atoms. The first-order chi connectivity index (χ1) is 9.61. The zero-order chi connectivity index (χ0) is 14.5. The summed E-state index contributed by atoms with van der Waals surface area (Å²) in [6.45, 7) is 7.98. The fourth-order valence-electron chi connectivity index (χ4n) is 2.62. The molecule has 1 atom stereocenters. The lowest BCUT2D eigenvalue weighted by molar-refractivity contribution is -0.136. The van der Waals surface area contributed by atoms with Crippen LogP contribution in [0.15, 0.2) is 11.6 Å². The summed E-state index contributed by atoms with van der Waals surface area (Å²) in [7, 11) is 0. The molecule has 20 heavy (non-hydrogen) atoms. The summed E-state index contributed by atoms with van der Waals surface area (Å²) in [6.07, 6.45) is 2.70. The van der Waals surface area contributed by atoms with E-state index in [4.69, 9.17) is 5.73 Å². The number of piperazine rings is 1. The predicted molar refractivity (Wildman–Crippen MR) is 82.9 cm³/mol. The number of carbonyl (C=O) groups is 1. The van der Waals surface area contributed by atoms with Crippen LogP contribution in [0.2, 0.25) is 0 Å². The molecule has 1 aliphatic rings. The topological polar surface area (TPSA) is 62.5 Å². The maximum absolute atomic E-state index is 12.5. The molecule has 112 valence electrons. The van der Waals surface area contributed by atoms with Crippen molar-refractivity contribution >= 4 is 22.4 Å². The Morgan fingerprint density at radius 2 is 2.10 bits per heavy atom. The fraction of sp³-hybridized carbons (Fsp3) is 0.714. The number of thiazole rings is 1. The van der Waals surface area contributed by atoms with Gasteiger partial charge in [-0.3, -0.25) is 4.79 Å². The first kappa shape index (κ1) is 15.3. The van der Waals surface area contributed by atoms with Crippen molar-refractivity contribution in [2.45, 2.75) is 20.3 Å². The lowest BCUT2D eigenvalue weighted by Crippen LogP contribution is -2.51. The highest BCUT2D eigenvalue weighted by atomic mass is 32.1. The quantitative estimate of drug-likeness (QED) is 0.892. The second-order valence-corrected chi connectivity index (χ2v) is 6.56. The van der Waals surface area contributed by atoms with Gasteiger partial charge in [0.05, 0.1) is 5.92 Å². The molecule has 2 N–H and O–H groups in total. The molecule has 0 bridgehead atoms. The van der Waals surface area contributed by atoms with Crippen LogP contribution in [-0.2, 0) is 4.79 Å². The van der Waals surface area contributed by atoms with Gasteiger partial charge in [0.15, 0.2) is 5.13 Å².